The highest BCUT2D eigenvalue weighted by atomic mass is 16.6. The molecule has 0 radical (unpaired) electrons. The molecule has 2 bridgehead atoms. The van der Waals surface area contributed by atoms with Gasteiger partial charge in [-0.1, -0.05) is 6.08 Å². The molecule has 0 saturated heterocycles. The summed E-state index contributed by atoms with van der Waals surface area (Å²) in [5.74, 6) is -1.13. The molecular weight excluding hydrogens is 220 g/mol. The quantitative estimate of drug-likeness (QED) is 0.748. The van der Waals surface area contributed by atoms with Gasteiger partial charge >= 0.3 is 11.9 Å². The van der Waals surface area contributed by atoms with Gasteiger partial charge in [0, 0.05) is 0 Å². The Hall–Kier alpha value is -1.32. The van der Waals surface area contributed by atoms with Crippen molar-refractivity contribution in [2.45, 2.75) is 45.6 Å². The van der Waals surface area contributed by atoms with Gasteiger partial charge in [-0.05, 0) is 46.0 Å². The molecule has 1 saturated carbocycles. The second kappa shape index (κ2) is 3.59. The fraction of sp³-hybridized carbons (Fsp3) is 0.692. The zero-order valence-electron chi connectivity index (χ0n) is 10.4. The number of allylic oxidation sites excluding steroid dienone is 1. The molecular formula is C13H18O4. The third-order valence-corrected chi connectivity index (χ3v) is 3.49. The first kappa shape index (κ1) is 12.1. The lowest BCUT2D eigenvalue weighted by Crippen LogP contribution is -2.38. The van der Waals surface area contributed by atoms with Gasteiger partial charge in [0.25, 0.3) is 0 Å². The third kappa shape index (κ3) is 1.96. The highest BCUT2D eigenvalue weighted by Crippen LogP contribution is 2.54. The molecule has 2 rings (SSSR count). The van der Waals surface area contributed by atoms with E-state index in [9.17, 15) is 14.7 Å². The highest BCUT2D eigenvalue weighted by Gasteiger charge is 2.56. The molecule has 1 fully saturated rings. The smallest absolute Gasteiger partial charge is 0.332 e. The Morgan fingerprint density at radius 3 is 2.59 bits per heavy atom. The van der Waals surface area contributed by atoms with Gasteiger partial charge in [-0.2, -0.15) is 0 Å². The van der Waals surface area contributed by atoms with Gasteiger partial charge in [0.15, 0.2) is 0 Å². The zero-order valence-corrected chi connectivity index (χ0v) is 10.4. The molecule has 0 aliphatic heterocycles. The number of fused-ring (bicyclic) bond motifs is 2. The fourth-order valence-electron chi connectivity index (χ4n) is 2.81. The van der Waals surface area contributed by atoms with E-state index < -0.39 is 17.0 Å². The average molecular weight is 238 g/mol. The number of hydrogen-bond donors (Lipinski definition) is 1. The molecule has 1 N–H and O–H groups in total. The van der Waals surface area contributed by atoms with Gasteiger partial charge in [0.1, 0.15) is 11.0 Å². The maximum Gasteiger partial charge on any atom is 0.332 e. The molecule has 0 amide bonds. The maximum atomic E-state index is 12.2. The van der Waals surface area contributed by atoms with Crippen LogP contribution in [0.4, 0.5) is 0 Å². The third-order valence-electron chi connectivity index (χ3n) is 3.49. The van der Waals surface area contributed by atoms with Crippen molar-refractivity contribution in [1.82, 2.24) is 0 Å². The Labute approximate surface area is 101 Å². The van der Waals surface area contributed by atoms with Crippen molar-refractivity contribution >= 4 is 11.9 Å². The van der Waals surface area contributed by atoms with E-state index in [2.05, 4.69) is 0 Å². The van der Waals surface area contributed by atoms with E-state index in [1.54, 1.807) is 26.8 Å². The molecule has 94 valence electrons. The SMILES string of the molecule is CC(C)(C)OC(=O)C12CCC(C=C1C(=O)O)C2. The number of rotatable bonds is 2. The minimum absolute atomic E-state index is 0.230. The van der Waals surface area contributed by atoms with E-state index in [-0.39, 0.29) is 17.5 Å². The highest BCUT2D eigenvalue weighted by molar-refractivity contribution is 5.98. The molecule has 0 heterocycles. The van der Waals surface area contributed by atoms with Crippen LogP contribution in [0.25, 0.3) is 0 Å². The topological polar surface area (TPSA) is 63.6 Å². The number of carboxylic acid groups (broad SMARTS) is 1. The monoisotopic (exact) mass is 238 g/mol. The minimum atomic E-state index is -0.988. The Kier molecular flexibility index (Phi) is 2.56. The van der Waals surface area contributed by atoms with Crippen LogP contribution in [0.2, 0.25) is 0 Å². The summed E-state index contributed by atoms with van der Waals surface area (Å²) in [6.07, 6.45) is 3.82. The van der Waals surface area contributed by atoms with Gasteiger partial charge in [0.05, 0.1) is 5.57 Å². The van der Waals surface area contributed by atoms with Crippen molar-refractivity contribution in [3.8, 4) is 0 Å². The van der Waals surface area contributed by atoms with E-state index in [1.807, 2.05) is 0 Å². The van der Waals surface area contributed by atoms with E-state index in [0.717, 1.165) is 6.42 Å². The van der Waals surface area contributed by atoms with Crippen LogP contribution in [0.1, 0.15) is 40.0 Å². The molecule has 4 heteroatoms. The second-order valence-corrected chi connectivity index (χ2v) is 5.97. The number of carbonyl (C=O) groups excluding carboxylic acids is 1. The van der Waals surface area contributed by atoms with Crippen LogP contribution in [0.5, 0.6) is 0 Å². The summed E-state index contributed by atoms with van der Waals surface area (Å²) in [4.78, 5) is 23.4. The van der Waals surface area contributed by atoms with Crippen LogP contribution in [0.15, 0.2) is 11.6 Å². The number of carboxylic acids is 1. The van der Waals surface area contributed by atoms with E-state index in [4.69, 9.17) is 4.74 Å². The molecule has 0 spiro atoms. The normalized spacial score (nSPS) is 31.2. The molecule has 17 heavy (non-hydrogen) atoms. The van der Waals surface area contributed by atoms with Crippen molar-refractivity contribution in [2.24, 2.45) is 11.3 Å². The first-order valence-corrected chi connectivity index (χ1v) is 5.94. The summed E-state index contributed by atoms with van der Waals surface area (Å²) in [5, 5.41) is 9.17. The van der Waals surface area contributed by atoms with Crippen molar-refractivity contribution in [3.63, 3.8) is 0 Å². The Bertz CT molecular complexity index is 402. The predicted molar refractivity (Wildman–Crippen MR) is 61.3 cm³/mol. The molecule has 0 aromatic rings. The lowest BCUT2D eigenvalue weighted by atomic mass is 9.80. The molecule has 2 aliphatic rings. The van der Waals surface area contributed by atoms with Crippen molar-refractivity contribution in [3.05, 3.63) is 11.6 Å². The lowest BCUT2D eigenvalue weighted by Gasteiger charge is -2.30. The Morgan fingerprint density at radius 2 is 2.12 bits per heavy atom. The maximum absolute atomic E-state index is 12.2. The number of aliphatic carboxylic acids is 1. The van der Waals surface area contributed by atoms with Gasteiger partial charge in [-0.15, -0.1) is 0 Å². The summed E-state index contributed by atoms with van der Waals surface area (Å²) in [5.41, 5.74) is -1.22. The van der Waals surface area contributed by atoms with Crippen LogP contribution >= 0.6 is 0 Å². The standard InChI is InChI=1S/C13H18O4/c1-12(2,3)17-11(16)13-5-4-8(7-13)6-9(13)10(14)15/h6,8H,4-5,7H2,1-3H3,(H,14,15). The van der Waals surface area contributed by atoms with E-state index in [1.165, 1.54) is 0 Å². The number of esters is 1. The average Bonchev–Trinajstić information content (AvgIpc) is 2.72. The predicted octanol–water partition coefficient (Wildman–Crippen LogP) is 2.14. The fourth-order valence-corrected chi connectivity index (χ4v) is 2.81. The van der Waals surface area contributed by atoms with Crippen LogP contribution in [-0.2, 0) is 14.3 Å². The van der Waals surface area contributed by atoms with Crippen LogP contribution in [0, 0.1) is 11.3 Å². The van der Waals surface area contributed by atoms with Crippen molar-refractivity contribution < 1.29 is 19.4 Å². The van der Waals surface area contributed by atoms with Gasteiger partial charge in [-0.25, -0.2) is 4.79 Å². The summed E-state index contributed by atoms with van der Waals surface area (Å²) >= 11 is 0. The van der Waals surface area contributed by atoms with Crippen LogP contribution in [-0.4, -0.2) is 22.6 Å². The number of ether oxygens (including phenoxy) is 1. The van der Waals surface area contributed by atoms with Gasteiger partial charge < -0.3 is 9.84 Å². The molecule has 2 atom stereocenters. The summed E-state index contributed by atoms with van der Waals surface area (Å²) in [6, 6.07) is 0. The second-order valence-electron chi connectivity index (χ2n) is 5.97. The van der Waals surface area contributed by atoms with Crippen molar-refractivity contribution in [2.75, 3.05) is 0 Å². The zero-order chi connectivity index (χ0) is 12.8. The number of carbonyl (C=O) groups is 2. The Morgan fingerprint density at radius 1 is 1.47 bits per heavy atom. The van der Waals surface area contributed by atoms with Crippen LogP contribution < -0.4 is 0 Å². The Balaban J connectivity index is 2.27. The molecule has 0 aromatic carbocycles. The summed E-state index contributed by atoms with van der Waals surface area (Å²) in [7, 11) is 0. The van der Waals surface area contributed by atoms with Crippen LogP contribution in [0.3, 0.4) is 0 Å². The summed E-state index contributed by atoms with van der Waals surface area (Å²) in [6.45, 7) is 5.40. The number of hydrogen-bond acceptors (Lipinski definition) is 3. The minimum Gasteiger partial charge on any atom is -0.478 e. The first-order chi connectivity index (χ1) is 7.74. The van der Waals surface area contributed by atoms with Crippen molar-refractivity contribution in [1.29, 1.82) is 0 Å². The van der Waals surface area contributed by atoms with Gasteiger partial charge in [0.2, 0.25) is 0 Å². The molecule has 0 aromatic heterocycles. The summed E-state index contributed by atoms with van der Waals surface area (Å²) < 4.78 is 5.38. The largest absolute Gasteiger partial charge is 0.478 e. The van der Waals surface area contributed by atoms with Gasteiger partial charge in [-0.3, -0.25) is 4.79 Å². The lowest BCUT2D eigenvalue weighted by molar-refractivity contribution is -0.166. The van der Waals surface area contributed by atoms with E-state index in [0.29, 0.717) is 12.8 Å². The molecule has 2 aliphatic carbocycles. The molecule has 2 unspecified atom stereocenters. The van der Waals surface area contributed by atoms with E-state index >= 15 is 0 Å². The molecule has 4 nitrogen and oxygen atoms in total. The first-order valence-electron chi connectivity index (χ1n) is 5.94.